The van der Waals surface area contributed by atoms with Crippen molar-refractivity contribution in [3.8, 4) is 5.75 Å². The quantitative estimate of drug-likeness (QED) is 0.609. The molecule has 0 unspecified atom stereocenters. The molecule has 6 nitrogen and oxygen atoms in total. The number of carbonyl (C=O) groups excluding carboxylic acids is 2. The number of ether oxygens (including phenoxy) is 2. The monoisotopic (exact) mass is 344 g/mol. The molecule has 6 heteroatoms. The largest absolute Gasteiger partial charge is 0.463 e. The van der Waals surface area contributed by atoms with Gasteiger partial charge in [0.1, 0.15) is 5.75 Å². The van der Waals surface area contributed by atoms with Crippen LogP contribution in [-0.2, 0) is 9.53 Å². The number of benzene rings is 1. The van der Waals surface area contributed by atoms with E-state index in [1.807, 2.05) is 6.07 Å². The Morgan fingerprint density at radius 3 is 2.80 bits per heavy atom. The normalized spacial score (nSPS) is 11.0. The minimum atomic E-state index is -0.377. The van der Waals surface area contributed by atoms with Gasteiger partial charge in [-0.15, -0.1) is 0 Å². The highest BCUT2D eigenvalue weighted by Gasteiger charge is 2.11. The zero-order chi connectivity index (χ0) is 18.2. The standard InChI is InChI=1S/C19H24N2O4/c1-4-6-11-21(3)19(23)25-15-8-9-16-14(13-20-17(16)12-15)7-10-18(22)24-5-2/h7-10,12-13,20H,4-6,11H2,1-3H3. The molecule has 0 saturated heterocycles. The molecule has 0 spiro atoms. The number of unbranched alkanes of at least 4 members (excludes halogenated alkanes) is 1. The van der Waals surface area contributed by atoms with Crippen LogP contribution in [0.15, 0.2) is 30.5 Å². The second-order valence-corrected chi connectivity index (χ2v) is 5.68. The maximum Gasteiger partial charge on any atom is 0.414 e. The summed E-state index contributed by atoms with van der Waals surface area (Å²) < 4.78 is 10.3. The van der Waals surface area contributed by atoms with Crippen molar-refractivity contribution in [2.45, 2.75) is 26.7 Å². The van der Waals surface area contributed by atoms with E-state index in [1.54, 1.807) is 43.3 Å². The van der Waals surface area contributed by atoms with E-state index in [0.29, 0.717) is 18.9 Å². The Morgan fingerprint density at radius 1 is 1.28 bits per heavy atom. The fourth-order valence-electron chi connectivity index (χ4n) is 2.34. The molecule has 0 fully saturated rings. The number of hydrogen-bond acceptors (Lipinski definition) is 4. The van der Waals surface area contributed by atoms with E-state index in [4.69, 9.17) is 9.47 Å². The van der Waals surface area contributed by atoms with E-state index < -0.39 is 0 Å². The van der Waals surface area contributed by atoms with E-state index in [-0.39, 0.29) is 12.1 Å². The minimum absolute atomic E-state index is 0.346. The number of esters is 1. The summed E-state index contributed by atoms with van der Waals surface area (Å²) in [7, 11) is 1.73. The molecule has 0 radical (unpaired) electrons. The van der Waals surface area contributed by atoms with Gasteiger partial charge in [0.05, 0.1) is 6.61 Å². The van der Waals surface area contributed by atoms with Crippen LogP contribution < -0.4 is 4.74 Å². The molecule has 2 aromatic rings. The number of rotatable bonds is 7. The number of aromatic nitrogens is 1. The summed E-state index contributed by atoms with van der Waals surface area (Å²) in [5.74, 6) is 0.0983. The molecular weight excluding hydrogens is 320 g/mol. The van der Waals surface area contributed by atoms with Crippen LogP contribution in [0.4, 0.5) is 4.79 Å². The van der Waals surface area contributed by atoms with Crippen LogP contribution in [0.5, 0.6) is 5.75 Å². The average molecular weight is 344 g/mol. The first-order valence-electron chi connectivity index (χ1n) is 8.44. The van der Waals surface area contributed by atoms with Gasteiger partial charge in [-0.05, 0) is 31.6 Å². The molecule has 2 rings (SSSR count). The van der Waals surface area contributed by atoms with E-state index >= 15 is 0 Å². The van der Waals surface area contributed by atoms with Gasteiger partial charge in [0.2, 0.25) is 0 Å². The van der Waals surface area contributed by atoms with Crippen molar-refractivity contribution in [3.05, 3.63) is 36.0 Å². The lowest BCUT2D eigenvalue weighted by Crippen LogP contribution is -2.30. The molecule has 1 aromatic carbocycles. The molecule has 25 heavy (non-hydrogen) atoms. The highest BCUT2D eigenvalue weighted by Crippen LogP contribution is 2.24. The Balaban J connectivity index is 2.08. The van der Waals surface area contributed by atoms with E-state index in [0.717, 1.165) is 29.3 Å². The molecular formula is C19H24N2O4. The predicted octanol–water partition coefficient (Wildman–Crippen LogP) is 3.97. The van der Waals surface area contributed by atoms with Gasteiger partial charge in [-0.3, -0.25) is 0 Å². The zero-order valence-electron chi connectivity index (χ0n) is 14.9. The van der Waals surface area contributed by atoms with E-state index in [2.05, 4.69) is 11.9 Å². The predicted molar refractivity (Wildman–Crippen MR) is 97.5 cm³/mol. The number of nitrogens with one attached hydrogen (secondary N) is 1. The fraction of sp³-hybridized carbons (Fsp3) is 0.368. The number of hydrogen-bond donors (Lipinski definition) is 1. The van der Waals surface area contributed by atoms with Crippen LogP contribution >= 0.6 is 0 Å². The van der Waals surface area contributed by atoms with Crippen molar-refractivity contribution in [2.24, 2.45) is 0 Å². The lowest BCUT2D eigenvalue weighted by atomic mass is 10.1. The SMILES string of the molecule is CCCCN(C)C(=O)Oc1ccc2c(C=CC(=O)OCC)c[nH]c2c1. The summed E-state index contributed by atoms with van der Waals surface area (Å²) in [5.41, 5.74) is 1.69. The maximum absolute atomic E-state index is 12.0. The van der Waals surface area contributed by atoms with Crippen LogP contribution in [0.25, 0.3) is 17.0 Å². The number of nitrogens with zero attached hydrogens (tertiary/aromatic N) is 1. The lowest BCUT2D eigenvalue weighted by molar-refractivity contribution is -0.137. The lowest BCUT2D eigenvalue weighted by Gasteiger charge is -2.16. The molecule has 1 heterocycles. The number of aromatic amines is 1. The first-order valence-corrected chi connectivity index (χ1v) is 8.44. The van der Waals surface area contributed by atoms with Gasteiger partial charge in [0.25, 0.3) is 0 Å². The van der Waals surface area contributed by atoms with Crippen LogP contribution in [0.1, 0.15) is 32.3 Å². The third-order valence-electron chi connectivity index (χ3n) is 3.73. The molecule has 134 valence electrons. The Hall–Kier alpha value is -2.76. The highest BCUT2D eigenvalue weighted by atomic mass is 16.6. The smallest absolute Gasteiger partial charge is 0.414 e. The Kier molecular flexibility index (Phi) is 6.62. The van der Waals surface area contributed by atoms with Gasteiger partial charge < -0.3 is 19.4 Å². The zero-order valence-corrected chi connectivity index (χ0v) is 14.9. The summed E-state index contributed by atoms with van der Waals surface area (Å²) in [6.45, 7) is 4.85. The third kappa shape index (κ3) is 5.11. The topological polar surface area (TPSA) is 71.6 Å². The second-order valence-electron chi connectivity index (χ2n) is 5.68. The Bertz CT molecular complexity index is 764. The highest BCUT2D eigenvalue weighted by molar-refractivity contribution is 5.94. The van der Waals surface area contributed by atoms with Gasteiger partial charge >= 0.3 is 12.1 Å². The van der Waals surface area contributed by atoms with Gasteiger partial charge in [-0.2, -0.15) is 0 Å². The number of carbonyl (C=O) groups is 2. The first kappa shape index (κ1) is 18.6. The summed E-state index contributed by atoms with van der Waals surface area (Å²) in [6, 6.07) is 5.36. The van der Waals surface area contributed by atoms with Crippen molar-refractivity contribution in [1.82, 2.24) is 9.88 Å². The van der Waals surface area contributed by atoms with E-state index in [9.17, 15) is 9.59 Å². The van der Waals surface area contributed by atoms with Gasteiger partial charge in [0.15, 0.2) is 0 Å². The summed E-state index contributed by atoms with van der Waals surface area (Å²) >= 11 is 0. The Morgan fingerprint density at radius 2 is 2.08 bits per heavy atom. The van der Waals surface area contributed by atoms with E-state index in [1.165, 1.54) is 6.08 Å². The summed E-state index contributed by atoms with van der Waals surface area (Å²) in [5, 5.41) is 0.930. The number of fused-ring (bicyclic) bond motifs is 1. The van der Waals surface area contributed by atoms with Crippen LogP contribution in [0.2, 0.25) is 0 Å². The van der Waals surface area contributed by atoms with Gasteiger partial charge in [-0.25, -0.2) is 9.59 Å². The number of amides is 1. The van der Waals surface area contributed by atoms with Crippen LogP contribution in [-0.4, -0.2) is 42.1 Å². The van der Waals surface area contributed by atoms with Crippen LogP contribution in [0, 0.1) is 0 Å². The van der Waals surface area contributed by atoms with Crippen molar-refractivity contribution >= 4 is 29.0 Å². The Labute approximate surface area is 147 Å². The molecule has 0 aliphatic rings. The molecule has 0 aliphatic heterocycles. The maximum atomic E-state index is 12.0. The van der Waals surface area contributed by atoms with Crippen molar-refractivity contribution in [2.75, 3.05) is 20.2 Å². The first-order chi connectivity index (χ1) is 12.0. The van der Waals surface area contributed by atoms with Gasteiger partial charge in [-0.1, -0.05) is 13.3 Å². The molecule has 1 aromatic heterocycles. The third-order valence-corrected chi connectivity index (χ3v) is 3.73. The summed E-state index contributed by atoms with van der Waals surface area (Å²) in [4.78, 5) is 28.1. The summed E-state index contributed by atoms with van der Waals surface area (Å²) in [6.07, 6.45) is 6.47. The van der Waals surface area contributed by atoms with Crippen molar-refractivity contribution in [3.63, 3.8) is 0 Å². The molecule has 0 aliphatic carbocycles. The fourth-order valence-corrected chi connectivity index (χ4v) is 2.34. The molecule has 0 atom stereocenters. The second kappa shape index (κ2) is 8.92. The molecule has 1 amide bonds. The van der Waals surface area contributed by atoms with Gasteiger partial charge in [0, 0.05) is 48.4 Å². The van der Waals surface area contributed by atoms with Crippen molar-refractivity contribution in [1.29, 1.82) is 0 Å². The minimum Gasteiger partial charge on any atom is -0.463 e. The molecule has 0 saturated carbocycles. The van der Waals surface area contributed by atoms with Crippen LogP contribution in [0.3, 0.4) is 0 Å². The van der Waals surface area contributed by atoms with Crippen molar-refractivity contribution < 1.29 is 19.1 Å². The molecule has 0 bridgehead atoms. The average Bonchev–Trinajstić information content (AvgIpc) is 3.00. The molecule has 1 N–H and O–H groups in total. The number of H-pyrrole nitrogens is 1.